The predicted octanol–water partition coefficient (Wildman–Crippen LogP) is 2.51. The molecule has 5 rings (SSSR count). The highest BCUT2D eigenvalue weighted by Crippen LogP contribution is 2.50. The van der Waals surface area contributed by atoms with Crippen molar-refractivity contribution in [1.82, 2.24) is 0 Å². The predicted molar refractivity (Wildman–Crippen MR) is 130 cm³/mol. The van der Waals surface area contributed by atoms with Crippen LogP contribution >= 0.6 is 0 Å². The fourth-order valence-corrected chi connectivity index (χ4v) is 5.08. The van der Waals surface area contributed by atoms with E-state index in [0.717, 1.165) is 10.3 Å². The van der Waals surface area contributed by atoms with Crippen molar-refractivity contribution in [2.75, 3.05) is 11.5 Å². The van der Waals surface area contributed by atoms with Crippen molar-refractivity contribution in [3.05, 3.63) is 89.1 Å². The van der Waals surface area contributed by atoms with E-state index >= 15 is 0 Å². The molecule has 0 fully saturated rings. The van der Waals surface area contributed by atoms with Gasteiger partial charge in [0.25, 0.3) is 11.9 Å². The molecular weight excluding hydrogens is 486 g/mol. The number of hydrogen-bond acceptors (Lipinski definition) is 8. The number of nitrogens with two attached hydrogens (primary N) is 2. The van der Waals surface area contributed by atoms with Gasteiger partial charge in [-0.15, -0.1) is 0 Å². The molecule has 0 saturated heterocycles. The van der Waals surface area contributed by atoms with Crippen molar-refractivity contribution >= 4 is 38.4 Å². The summed E-state index contributed by atoms with van der Waals surface area (Å²) >= 11 is 0. The molecule has 0 spiro atoms. The highest BCUT2D eigenvalue weighted by Gasteiger charge is 2.48. The topological polar surface area (TPSA) is 162 Å². The maximum Gasteiger partial charge on any atom is 0.338 e. The summed E-state index contributed by atoms with van der Waals surface area (Å²) in [5.41, 5.74) is 6.82. The number of amides is 1. The number of fused-ring (bicyclic) bond motifs is 5. The van der Waals surface area contributed by atoms with E-state index in [-0.39, 0.29) is 39.9 Å². The molecule has 1 unspecified atom stereocenters. The van der Waals surface area contributed by atoms with Crippen LogP contribution in [0, 0.1) is 0 Å². The van der Waals surface area contributed by atoms with Gasteiger partial charge in [-0.2, -0.15) is 0 Å². The molecule has 0 aromatic heterocycles. The Balaban J connectivity index is 1.78. The normalized spacial score (nSPS) is 17.6. The SMILES string of the molecule is CCOC(=O)C1=C(N)N(c2ccc(S(N)(=O)=O)cc2)C(=O)C2=C(O)Oc3ccc4ccccc4c3C21. The van der Waals surface area contributed by atoms with Crippen molar-refractivity contribution in [2.45, 2.75) is 17.7 Å². The number of hydrogen-bond donors (Lipinski definition) is 3. The first-order chi connectivity index (χ1) is 17.1. The van der Waals surface area contributed by atoms with Crippen LogP contribution in [0.2, 0.25) is 0 Å². The maximum absolute atomic E-state index is 13.8. The minimum Gasteiger partial charge on any atom is -0.480 e. The zero-order chi connectivity index (χ0) is 25.8. The number of sulfonamides is 1. The minimum absolute atomic E-state index is 0.0449. The lowest BCUT2D eigenvalue weighted by atomic mass is 9.77. The van der Waals surface area contributed by atoms with Crippen LogP contribution in [0.1, 0.15) is 18.4 Å². The van der Waals surface area contributed by atoms with Crippen molar-refractivity contribution in [3.63, 3.8) is 0 Å². The van der Waals surface area contributed by atoms with E-state index in [0.29, 0.717) is 10.9 Å². The molecule has 184 valence electrons. The number of primary sulfonamides is 1. The Morgan fingerprint density at radius 1 is 1.11 bits per heavy atom. The maximum atomic E-state index is 13.8. The van der Waals surface area contributed by atoms with E-state index in [1.807, 2.05) is 24.3 Å². The van der Waals surface area contributed by atoms with Crippen molar-refractivity contribution in [2.24, 2.45) is 10.9 Å². The molecule has 0 radical (unpaired) electrons. The van der Waals surface area contributed by atoms with Gasteiger partial charge in [0.2, 0.25) is 10.0 Å². The second-order valence-electron chi connectivity index (χ2n) is 8.15. The van der Waals surface area contributed by atoms with Crippen LogP contribution < -0.4 is 20.5 Å². The minimum atomic E-state index is -3.98. The third-order valence-electron chi connectivity index (χ3n) is 6.10. The second-order valence-corrected chi connectivity index (χ2v) is 9.71. The Morgan fingerprint density at radius 3 is 2.47 bits per heavy atom. The number of rotatable bonds is 4. The molecule has 3 aromatic rings. The molecule has 2 aliphatic rings. The number of carbonyl (C=O) groups excluding carboxylic acids is 2. The van der Waals surface area contributed by atoms with Gasteiger partial charge in [-0.3, -0.25) is 9.69 Å². The fourth-order valence-electron chi connectivity index (χ4n) is 4.56. The molecule has 2 aliphatic heterocycles. The quantitative estimate of drug-likeness (QED) is 0.454. The van der Waals surface area contributed by atoms with Crippen LogP contribution in [-0.2, 0) is 24.3 Å². The van der Waals surface area contributed by atoms with Crippen molar-refractivity contribution < 1.29 is 32.6 Å². The summed E-state index contributed by atoms with van der Waals surface area (Å²) in [5.74, 6) is -3.20. The third-order valence-corrected chi connectivity index (χ3v) is 7.03. The molecular formula is C25H21N3O7S. The monoisotopic (exact) mass is 507 g/mol. The number of ether oxygens (including phenoxy) is 2. The van der Waals surface area contributed by atoms with Gasteiger partial charge < -0.3 is 20.3 Å². The van der Waals surface area contributed by atoms with Gasteiger partial charge in [-0.1, -0.05) is 30.3 Å². The third kappa shape index (κ3) is 3.56. The molecule has 0 aliphatic carbocycles. The summed E-state index contributed by atoms with van der Waals surface area (Å²) in [6.45, 7) is 1.68. The lowest BCUT2D eigenvalue weighted by molar-refractivity contribution is -0.138. The zero-order valence-corrected chi connectivity index (χ0v) is 19.8. The summed E-state index contributed by atoms with van der Waals surface area (Å²) in [6, 6.07) is 15.8. The summed E-state index contributed by atoms with van der Waals surface area (Å²) < 4.78 is 34.2. The molecule has 2 heterocycles. The number of benzene rings is 3. The highest BCUT2D eigenvalue weighted by atomic mass is 32.2. The smallest absolute Gasteiger partial charge is 0.338 e. The Morgan fingerprint density at radius 2 is 1.81 bits per heavy atom. The number of anilines is 1. The Bertz CT molecular complexity index is 1610. The number of nitrogens with zero attached hydrogens (tertiary/aromatic N) is 1. The van der Waals surface area contributed by atoms with E-state index < -0.39 is 33.8 Å². The van der Waals surface area contributed by atoms with E-state index in [4.69, 9.17) is 20.3 Å². The molecule has 36 heavy (non-hydrogen) atoms. The van der Waals surface area contributed by atoms with Crippen LogP contribution in [-0.4, -0.2) is 32.0 Å². The largest absolute Gasteiger partial charge is 0.480 e. The molecule has 3 aromatic carbocycles. The van der Waals surface area contributed by atoms with E-state index in [2.05, 4.69) is 0 Å². The molecule has 0 saturated carbocycles. The molecule has 11 heteroatoms. The fraction of sp³-hybridized carbons (Fsp3) is 0.120. The van der Waals surface area contributed by atoms with E-state index in [9.17, 15) is 23.1 Å². The average molecular weight is 508 g/mol. The first kappa shape index (κ1) is 23.4. The number of carbonyl (C=O) groups is 2. The summed E-state index contributed by atoms with van der Waals surface area (Å²) in [7, 11) is -3.98. The van der Waals surface area contributed by atoms with Crippen LogP contribution in [0.5, 0.6) is 5.75 Å². The van der Waals surface area contributed by atoms with Gasteiger partial charge in [0.1, 0.15) is 17.1 Å². The van der Waals surface area contributed by atoms with Gasteiger partial charge in [-0.25, -0.2) is 18.4 Å². The molecule has 5 N–H and O–H groups in total. The standard InChI is InChI=1S/C25H21N3O7S/c1-2-34-24(30)20-19-18-16-6-4-3-5-13(16)7-12-17(18)35-25(31)21(19)23(29)28(22(20)26)14-8-10-15(11-9-14)36(27,32)33/h3-12,19,31H,2,26H2,1H3,(H2,27,32,33). The van der Waals surface area contributed by atoms with Crippen LogP contribution in [0.25, 0.3) is 10.8 Å². The zero-order valence-electron chi connectivity index (χ0n) is 19.0. The number of aliphatic hydroxyl groups is 1. The molecule has 0 bridgehead atoms. The Kier molecular flexibility index (Phi) is 5.46. The van der Waals surface area contributed by atoms with Crippen LogP contribution in [0.3, 0.4) is 0 Å². The summed E-state index contributed by atoms with van der Waals surface area (Å²) in [5, 5.41) is 17.5. The highest BCUT2D eigenvalue weighted by molar-refractivity contribution is 7.89. The Labute approximate surface area is 206 Å². The summed E-state index contributed by atoms with van der Waals surface area (Å²) in [6.07, 6.45) is 0. The molecule has 1 atom stereocenters. The van der Waals surface area contributed by atoms with E-state index in [1.165, 1.54) is 24.3 Å². The van der Waals surface area contributed by atoms with Gasteiger partial charge in [0.05, 0.1) is 28.7 Å². The van der Waals surface area contributed by atoms with Gasteiger partial charge >= 0.3 is 5.97 Å². The van der Waals surface area contributed by atoms with Crippen LogP contribution in [0.4, 0.5) is 5.69 Å². The molecule has 10 nitrogen and oxygen atoms in total. The first-order valence-corrected chi connectivity index (χ1v) is 12.4. The second kappa shape index (κ2) is 8.40. The molecule has 1 amide bonds. The average Bonchev–Trinajstić information content (AvgIpc) is 2.83. The number of aliphatic hydroxyl groups excluding tert-OH is 1. The Hall–Kier alpha value is -4.35. The lowest BCUT2D eigenvalue weighted by Crippen LogP contribution is -2.46. The number of esters is 1. The van der Waals surface area contributed by atoms with Gasteiger partial charge in [-0.05, 0) is 48.0 Å². The van der Waals surface area contributed by atoms with E-state index in [1.54, 1.807) is 19.1 Å². The van der Waals surface area contributed by atoms with Crippen molar-refractivity contribution in [1.29, 1.82) is 0 Å². The van der Waals surface area contributed by atoms with Gasteiger partial charge in [0, 0.05) is 5.56 Å². The van der Waals surface area contributed by atoms with Crippen molar-refractivity contribution in [3.8, 4) is 5.75 Å². The first-order valence-electron chi connectivity index (χ1n) is 10.9. The van der Waals surface area contributed by atoms with Gasteiger partial charge in [0.15, 0.2) is 0 Å². The lowest BCUT2D eigenvalue weighted by Gasteiger charge is -2.38. The summed E-state index contributed by atoms with van der Waals surface area (Å²) in [4.78, 5) is 27.8. The van der Waals surface area contributed by atoms with Crippen LogP contribution in [0.15, 0.2) is 88.5 Å².